The summed E-state index contributed by atoms with van der Waals surface area (Å²) >= 11 is 7.56. The maximum absolute atomic E-state index is 13.4. The van der Waals surface area contributed by atoms with Crippen LogP contribution in [-0.2, 0) is 4.74 Å². The predicted octanol–water partition coefficient (Wildman–Crippen LogP) is 4.26. The Kier molecular flexibility index (Phi) is 6.30. The Hall–Kier alpha value is -2.61. The van der Waals surface area contributed by atoms with Gasteiger partial charge in [0.2, 0.25) is 0 Å². The summed E-state index contributed by atoms with van der Waals surface area (Å²) in [4.78, 5) is 25.1. The van der Waals surface area contributed by atoms with E-state index in [9.17, 15) is 4.79 Å². The number of halogens is 1. The second-order valence-corrected chi connectivity index (χ2v) is 9.38. The zero-order chi connectivity index (χ0) is 21.9. The molecule has 1 amide bonds. The Balaban J connectivity index is 1.34. The Labute approximate surface area is 197 Å². The van der Waals surface area contributed by atoms with E-state index >= 15 is 0 Å². The first-order valence-electron chi connectivity index (χ1n) is 10.9. The third kappa shape index (κ3) is 4.46. The van der Waals surface area contributed by atoms with Gasteiger partial charge in [-0.25, -0.2) is 4.98 Å². The lowest BCUT2D eigenvalue weighted by molar-refractivity contribution is 0.0751. The van der Waals surface area contributed by atoms with Crippen LogP contribution in [0.1, 0.15) is 9.67 Å². The van der Waals surface area contributed by atoms with Crippen LogP contribution in [0.15, 0.2) is 54.7 Å². The Bertz CT molecular complexity index is 1060. The molecule has 1 aromatic carbocycles. The Morgan fingerprint density at radius 3 is 2.38 bits per heavy atom. The summed E-state index contributed by atoms with van der Waals surface area (Å²) in [5.74, 6) is 1.01. The second kappa shape index (κ2) is 9.48. The van der Waals surface area contributed by atoms with Crippen LogP contribution in [0.4, 0.5) is 10.8 Å². The highest BCUT2D eigenvalue weighted by Gasteiger charge is 2.27. The minimum atomic E-state index is 0.107. The second-order valence-electron chi connectivity index (χ2n) is 7.91. The van der Waals surface area contributed by atoms with Gasteiger partial charge >= 0.3 is 0 Å². The Morgan fingerprint density at radius 2 is 1.69 bits per heavy atom. The van der Waals surface area contributed by atoms with Crippen molar-refractivity contribution in [2.45, 2.75) is 0 Å². The van der Waals surface area contributed by atoms with Crippen molar-refractivity contribution >= 4 is 39.7 Å². The van der Waals surface area contributed by atoms with E-state index in [1.807, 2.05) is 35.2 Å². The third-order valence-corrected chi connectivity index (χ3v) is 7.32. The molecule has 0 bridgehead atoms. The minimum Gasteiger partial charge on any atom is -0.378 e. The molecular formula is C24H25ClN4O2S. The van der Waals surface area contributed by atoms with Crippen molar-refractivity contribution in [3.05, 3.63) is 64.6 Å². The average Bonchev–Trinajstić information content (AvgIpc) is 3.31. The molecule has 3 aromatic rings. The van der Waals surface area contributed by atoms with Crippen LogP contribution >= 0.6 is 22.9 Å². The highest BCUT2D eigenvalue weighted by atomic mass is 35.5. The zero-order valence-electron chi connectivity index (χ0n) is 17.7. The number of anilines is 2. The zero-order valence-corrected chi connectivity index (χ0v) is 19.3. The molecule has 0 N–H and O–H groups in total. The number of carbonyl (C=O) groups is 1. The van der Waals surface area contributed by atoms with E-state index in [1.165, 1.54) is 0 Å². The first-order chi connectivity index (χ1) is 15.7. The lowest BCUT2D eigenvalue weighted by Crippen LogP contribution is -2.48. The number of morpholine rings is 1. The number of hydrogen-bond acceptors (Lipinski definition) is 6. The summed E-state index contributed by atoms with van der Waals surface area (Å²) < 4.78 is 5.54. The molecule has 0 atom stereocenters. The number of hydrogen-bond donors (Lipinski definition) is 0. The maximum atomic E-state index is 13.4. The van der Waals surface area contributed by atoms with E-state index in [4.69, 9.17) is 16.3 Å². The summed E-state index contributed by atoms with van der Waals surface area (Å²) in [6, 6.07) is 16.2. The van der Waals surface area contributed by atoms with Gasteiger partial charge < -0.3 is 19.4 Å². The highest BCUT2D eigenvalue weighted by molar-refractivity contribution is 7.18. The van der Waals surface area contributed by atoms with Crippen LogP contribution in [0.25, 0.3) is 11.1 Å². The van der Waals surface area contributed by atoms with Gasteiger partial charge in [0.1, 0.15) is 5.82 Å². The first-order valence-corrected chi connectivity index (χ1v) is 12.1. The van der Waals surface area contributed by atoms with Gasteiger partial charge in [0.25, 0.3) is 5.91 Å². The van der Waals surface area contributed by atoms with Crippen LogP contribution in [0.3, 0.4) is 0 Å². The van der Waals surface area contributed by atoms with Gasteiger partial charge in [0.05, 0.1) is 28.1 Å². The summed E-state index contributed by atoms with van der Waals surface area (Å²) in [6.07, 6.45) is 1.67. The van der Waals surface area contributed by atoms with Gasteiger partial charge in [0, 0.05) is 51.0 Å². The molecule has 0 unspecified atom stereocenters. The third-order valence-electron chi connectivity index (χ3n) is 5.91. The lowest BCUT2D eigenvalue weighted by Gasteiger charge is -2.35. The first kappa shape index (κ1) is 21.2. The molecule has 0 spiro atoms. The summed E-state index contributed by atoms with van der Waals surface area (Å²) in [7, 11) is 0. The number of carbonyl (C=O) groups excluding carboxylic acids is 1. The van der Waals surface area contributed by atoms with Gasteiger partial charge in [-0.15, -0.1) is 11.3 Å². The summed E-state index contributed by atoms with van der Waals surface area (Å²) in [5, 5.41) is 1.79. The van der Waals surface area contributed by atoms with E-state index in [0.29, 0.717) is 18.1 Å². The quantitative estimate of drug-likeness (QED) is 0.572. The van der Waals surface area contributed by atoms with Crippen molar-refractivity contribution in [3.8, 4) is 11.1 Å². The fraction of sp³-hybridized carbons (Fsp3) is 0.333. The molecule has 0 radical (unpaired) electrons. The van der Waals surface area contributed by atoms with E-state index in [2.05, 4.69) is 33.0 Å². The predicted molar refractivity (Wildman–Crippen MR) is 130 cm³/mol. The normalized spacial score (nSPS) is 17.0. The van der Waals surface area contributed by atoms with Crippen molar-refractivity contribution in [2.75, 3.05) is 62.3 Å². The molecule has 2 saturated heterocycles. The molecule has 5 rings (SSSR count). The SMILES string of the molecule is O=C(c1cc(-c2ccccc2)c(N2CCOCC2)s1)N1CCN(c2ccc(Cl)cn2)CC1. The number of benzene rings is 1. The van der Waals surface area contributed by atoms with Gasteiger partial charge in [-0.1, -0.05) is 41.9 Å². The van der Waals surface area contributed by atoms with E-state index in [0.717, 1.165) is 66.2 Å². The van der Waals surface area contributed by atoms with Crippen molar-refractivity contribution < 1.29 is 9.53 Å². The number of aromatic nitrogens is 1. The van der Waals surface area contributed by atoms with Crippen LogP contribution in [0, 0.1) is 0 Å². The molecule has 2 aromatic heterocycles. The van der Waals surface area contributed by atoms with Gasteiger partial charge in [-0.3, -0.25) is 4.79 Å². The van der Waals surface area contributed by atoms with Crippen molar-refractivity contribution in [1.29, 1.82) is 0 Å². The fourth-order valence-corrected chi connectivity index (χ4v) is 5.47. The van der Waals surface area contributed by atoms with Crippen molar-refractivity contribution in [1.82, 2.24) is 9.88 Å². The molecule has 4 heterocycles. The van der Waals surface area contributed by atoms with E-state index < -0.39 is 0 Å². The van der Waals surface area contributed by atoms with E-state index in [1.54, 1.807) is 17.5 Å². The van der Waals surface area contributed by atoms with Crippen LogP contribution in [0.2, 0.25) is 5.02 Å². The van der Waals surface area contributed by atoms with Crippen molar-refractivity contribution in [2.24, 2.45) is 0 Å². The molecule has 2 aliphatic rings. The monoisotopic (exact) mass is 468 g/mol. The van der Waals surface area contributed by atoms with Gasteiger partial charge in [-0.2, -0.15) is 0 Å². The molecule has 32 heavy (non-hydrogen) atoms. The number of amides is 1. The van der Waals surface area contributed by atoms with Gasteiger partial charge in [0.15, 0.2) is 0 Å². The molecule has 0 aliphatic carbocycles. The standard InChI is InChI=1S/C24H25ClN4O2S/c25-19-6-7-22(26-17-19)27-8-10-28(11-9-27)23(30)21-16-20(18-4-2-1-3-5-18)24(32-21)29-12-14-31-15-13-29/h1-7,16-17H,8-15H2. The Morgan fingerprint density at radius 1 is 0.938 bits per heavy atom. The summed E-state index contributed by atoms with van der Waals surface area (Å²) in [5.41, 5.74) is 2.27. The number of rotatable bonds is 4. The molecule has 6 nitrogen and oxygen atoms in total. The average molecular weight is 469 g/mol. The smallest absolute Gasteiger partial charge is 0.264 e. The molecule has 2 aliphatic heterocycles. The number of ether oxygens (including phenoxy) is 1. The number of pyridine rings is 1. The molecule has 2 fully saturated rings. The number of piperazine rings is 1. The largest absolute Gasteiger partial charge is 0.378 e. The summed E-state index contributed by atoms with van der Waals surface area (Å²) in [6.45, 7) is 6.00. The fourth-order valence-electron chi connectivity index (χ4n) is 4.16. The number of nitrogens with zero attached hydrogens (tertiary/aromatic N) is 4. The van der Waals surface area contributed by atoms with Crippen LogP contribution < -0.4 is 9.80 Å². The molecule has 166 valence electrons. The molecular weight excluding hydrogens is 444 g/mol. The molecule has 8 heteroatoms. The van der Waals surface area contributed by atoms with Crippen LogP contribution in [0.5, 0.6) is 0 Å². The van der Waals surface area contributed by atoms with Gasteiger partial charge in [-0.05, 0) is 23.8 Å². The van der Waals surface area contributed by atoms with Crippen molar-refractivity contribution in [3.63, 3.8) is 0 Å². The highest BCUT2D eigenvalue weighted by Crippen LogP contribution is 2.40. The topological polar surface area (TPSA) is 48.9 Å². The van der Waals surface area contributed by atoms with Crippen LogP contribution in [-0.4, -0.2) is 68.3 Å². The minimum absolute atomic E-state index is 0.107. The lowest BCUT2D eigenvalue weighted by atomic mass is 10.1. The van der Waals surface area contributed by atoms with E-state index in [-0.39, 0.29) is 5.91 Å². The maximum Gasteiger partial charge on any atom is 0.264 e. The number of thiophene rings is 1. The molecule has 0 saturated carbocycles.